The van der Waals surface area contributed by atoms with Crippen LogP contribution in [0.5, 0.6) is 0 Å². The van der Waals surface area contributed by atoms with E-state index in [2.05, 4.69) is 120 Å². The van der Waals surface area contributed by atoms with Crippen LogP contribution in [0.4, 0.5) is 0 Å². The van der Waals surface area contributed by atoms with Crippen molar-refractivity contribution in [3.63, 3.8) is 0 Å². The van der Waals surface area contributed by atoms with E-state index in [-0.39, 0.29) is 12.3 Å². The summed E-state index contributed by atoms with van der Waals surface area (Å²) in [7, 11) is 2.13. The lowest BCUT2D eigenvalue weighted by Gasteiger charge is -2.41. The Bertz CT molecular complexity index is 1660. The maximum atomic E-state index is 6.38. The van der Waals surface area contributed by atoms with E-state index in [0.717, 1.165) is 44.8 Å². The number of fused-ring (bicyclic) bond motifs is 3. The number of aliphatic imine (C=N–C) groups is 1. The minimum Gasteiger partial charge on any atom is -0.459 e. The van der Waals surface area contributed by atoms with Crippen molar-refractivity contribution in [3.05, 3.63) is 138 Å². The molecule has 2 aliphatic heterocycles. The highest BCUT2D eigenvalue weighted by Crippen LogP contribution is 2.40. The van der Waals surface area contributed by atoms with Crippen LogP contribution in [0.25, 0.3) is 27.7 Å². The van der Waals surface area contributed by atoms with Gasteiger partial charge in [-0.05, 0) is 35.9 Å². The zero-order chi connectivity index (χ0) is 25.5. The number of amidine groups is 1. The van der Waals surface area contributed by atoms with Gasteiger partial charge >= 0.3 is 0 Å². The molecule has 38 heavy (non-hydrogen) atoms. The third-order valence-corrected chi connectivity index (χ3v) is 7.43. The van der Waals surface area contributed by atoms with Crippen molar-refractivity contribution in [1.29, 1.82) is 0 Å². The van der Waals surface area contributed by atoms with E-state index in [1.54, 1.807) is 0 Å². The van der Waals surface area contributed by atoms with Crippen LogP contribution in [0.2, 0.25) is 0 Å². The van der Waals surface area contributed by atoms with E-state index in [1.807, 2.05) is 18.2 Å². The zero-order valence-electron chi connectivity index (χ0n) is 21.1. The maximum Gasteiger partial charge on any atom is 0.135 e. The van der Waals surface area contributed by atoms with Gasteiger partial charge in [0.05, 0.1) is 6.54 Å². The number of likely N-dealkylation sites (N-methyl/N-ethyl adjacent to an activating group) is 1. The molecule has 2 unspecified atom stereocenters. The van der Waals surface area contributed by atoms with E-state index in [0.29, 0.717) is 6.54 Å². The number of nitrogens with zero attached hydrogens (tertiary/aromatic N) is 2. The van der Waals surface area contributed by atoms with Gasteiger partial charge in [-0.25, -0.2) is 4.99 Å². The van der Waals surface area contributed by atoms with E-state index in [1.165, 1.54) is 11.1 Å². The van der Waals surface area contributed by atoms with Crippen LogP contribution >= 0.6 is 0 Å². The molecular formula is C33H28N4O. The fourth-order valence-electron chi connectivity index (χ4n) is 5.55. The van der Waals surface area contributed by atoms with E-state index in [9.17, 15) is 0 Å². The van der Waals surface area contributed by atoms with Gasteiger partial charge in [0.15, 0.2) is 0 Å². The number of rotatable bonds is 4. The second-order valence-corrected chi connectivity index (χ2v) is 9.80. The van der Waals surface area contributed by atoms with E-state index >= 15 is 0 Å². The predicted octanol–water partition coefficient (Wildman–Crippen LogP) is 6.55. The lowest BCUT2D eigenvalue weighted by atomic mass is 9.94. The summed E-state index contributed by atoms with van der Waals surface area (Å²) in [5.74, 6) is 1.84. The summed E-state index contributed by atoms with van der Waals surface area (Å²) in [4.78, 5) is 7.46. The SMILES string of the molecule is CN1C(C2=CNCc3oc4ccc(-c5ccccc5)cc4c32)NC(c2ccccc2)=NC1c1ccccc1. The van der Waals surface area contributed by atoms with Crippen LogP contribution in [0, 0.1) is 0 Å². The summed E-state index contributed by atoms with van der Waals surface area (Å²) in [6.07, 6.45) is 1.87. The van der Waals surface area contributed by atoms with Crippen LogP contribution in [0.15, 0.2) is 125 Å². The van der Waals surface area contributed by atoms with Crippen molar-refractivity contribution in [2.45, 2.75) is 18.9 Å². The lowest BCUT2D eigenvalue weighted by molar-refractivity contribution is 0.189. The van der Waals surface area contributed by atoms with Crippen LogP contribution in [-0.4, -0.2) is 23.9 Å². The summed E-state index contributed by atoms with van der Waals surface area (Å²) in [5.41, 5.74) is 7.79. The first-order chi connectivity index (χ1) is 18.8. The van der Waals surface area contributed by atoms with Gasteiger partial charge in [0.25, 0.3) is 0 Å². The third kappa shape index (κ3) is 3.88. The number of hydrogen-bond acceptors (Lipinski definition) is 5. The Morgan fingerprint density at radius 1 is 0.789 bits per heavy atom. The van der Waals surface area contributed by atoms with Crippen molar-refractivity contribution in [2.75, 3.05) is 7.05 Å². The van der Waals surface area contributed by atoms with Gasteiger partial charge in [-0.1, -0.05) is 97.1 Å². The Labute approximate surface area is 222 Å². The molecule has 4 aromatic carbocycles. The second-order valence-electron chi connectivity index (χ2n) is 9.80. The topological polar surface area (TPSA) is 52.8 Å². The van der Waals surface area contributed by atoms with Crippen molar-refractivity contribution in [2.24, 2.45) is 4.99 Å². The third-order valence-electron chi connectivity index (χ3n) is 7.43. The summed E-state index contributed by atoms with van der Waals surface area (Å²) in [6.45, 7) is 0.659. The molecule has 0 aliphatic carbocycles. The number of hydrogen-bond donors (Lipinski definition) is 2. The van der Waals surface area contributed by atoms with Crippen molar-refractivity contribution in [3.8, 4) is 11.1 Å². The summed E-state index contributed by atoms with van der Waals surface area (Å²) in [5, 5.41) is 8.35. The van der Waals surface area contributed by atoms with Gasteiger partial charge in [0.2, 0.25) is 0 Å². The molecule has 3 heterocycles. The highest BCUT2D eigenvalue weighted by molar-refractivity contribution is 6.02. The Hall–Kier alpha value is -4.61. The van der Waals surface area contributed by atoms with Gasteiger partial charge < -0.3 is 15.1 Å². The predicted molar refractivity (Wildman–Crippen MR) is 153 cm³/mol. The quantitative estimate of drug-likeness (QED) is 0.296. The highest BCUT2D eigenvalue weighted by Gasteiger charge is 2.36. The molecule has 5 heteroatoms. The molecule has 0 amide bonds. The Kier molecular flexibility index (Phi) is 5.56. The molecule has 1 aromatic heterocycles. The number of nitrogens with one attached hydrogen (secondary N) is 2. The molecule has 5 nitrogen and oxygen atoms in total. The molecule has 0 saturated carbocycles. The number of benzene rings is 4. The molecule has 186 valence electrons. The standard InChI is InChI=1S/C33H28N4O/c1-37-32(24-15-9-4-10-16-24)35-31(23-13-7-3-8-14-23)36-33(37)27-20-34-21-29-30(27)26-19-25(17-18-28(26)38-29)22-11-5-2-6-12-22/h2-20,32-34H,21H2,1H3,(H,35,36). The van der Waals surface area contributed by atoms with Crippen molar-refractivity contribution >= 4 is 22.4 Å². The van der Waals surface area contributed by atoms with E-state index in [4.69, 9.17) is 9.41 Å². The van der Waals surface area contributed by atoms with Crippen molar-refractivity contribution < 1.29 is 4.42 Å². The smallest absolute Gasteiger partial charge is 0.135 e. The fraction of sp³-hybridized carbons (Fsp3) is 0.121. The molecule has 2 N–H and O–H groups in total. The molecular weight excluding hydrogens is 468 g/mol. The highest BCUT2D eigenvalue weighted by atomic mass is 16.3. The van der Waals surface area contributed by atoms with Gasteiger partial charge in [0, 0.05) is 28.3 Å². The Balaban J connectivity index is 1.35. The molecule has 0 saturated heterocycles. The monoisotopic (exact) mass is 496 g/mol. The molecule has 0 radical (unpaired) electrons. The molecule has 7 rings (SSSR count). The summed E-state index contributed by atoms with van der Waals surface area (Å²) < 4.78 is 6.38. The minimum absolute atomic E-state index is 0.124. The van der Waals surface area contributed by atoms with Gasteiger partial charge in [-0.2, -0.15) is 0 Å². The Morgan fingerprint density at radius 3 is 2.21 bits per heavy atom. The van der Waals surface area contributed by atoms with Crippen LogP contribution in [-0.2, 0) is 6.54 Å². The van der Waals surface area contributed by atoms with Gasteiger partial charge in [-0.15, -0.1) is 0 Å². The normalized spacial score (nSPS) is 19.2. The van der Waals surface area contributed by atoms with Gasteiger partial charge in [-0.3, -0.25) is 4.90 Å². The minimum atomic E-state index is -0.137. The van der Waals surface area contributed by atoms with Crippen molar-refractivity contribution in [1.82, 2.24) is 15.5 Å². The molecule has 2 atom stereocenters. The first kappa shape index (κ1) is 22.6. The maximum absolute atomic E-state index is 6.38. The second kappa shape index (κ2) is 9.36. The molecule has 2 aliphatic rings. The number of furan rings is 1. The largest absolute Gasteiger partial charge is 0.459 e. The molecule has 0 spiro atoms. The van der Waals surface area contributed by atoms with Gasteiger partial charge in [0.1, 0.15) is 29.5 Å². The Morgan fingerprint density at radius 2 is 1.47 bits per heavy atom. The first-order valence-corrected chi connectivity index (χ1v) is 13.0. The zero-order valence-corrected chi connectivity index (χ0v) is 21.1. The molecule has 5 aromatic rings. The first-order valence-electron chi connectivity index (χ1n) is 13.0. The summed E-state index contributed by atoms with van der Waals surface area (Å²) >= 11 is 0. The average Bonchev–Trinajstić information content (AvgIpc) is 3.37. The summed E-state index contributed by atoms with van der Waals surface area (Å²) in [6, 6.07) is 37.8. The van der Waals surface area contributed by atoms with E-state index < -0.39 is 0 Å². The van der Waals surface area contributed by atoms with Crippen LogP contribution in [0.1, 0.15) is 28.6 Å². The molecule has 0 bridgehead atoms. The lowest BCUT2D eigenvalue weighted by Crippen LogP contribution is -2.53. The fourth-order valence-corrected chi connectivity index (χ4v) is 5.55. The van der Waals surface area contributed by atoms with Crippen LogP contribution in [0.3, 0.4) is 0 Å². The van der Waals surface area contributed by atoms with Crippen LogP contribution < -0.4 is 10.6 Å². The average molecular weight is 497 g/mol. The molecule has 0 fully saturated rings.